The summed E-state index contributed by atoms with van der Waals surface area (Å²) < 4.78 is 41.6. The first-order valence-corrected chi connectivity index (χ1v) is 7.91. The molecule has 0 amide bonds. The molecular formula is C17H20F3N3O. The molecule has 2 aromatic rings. The third-order valence-corrected chi connectivity index (χ3v) is 4.58. The predicted octanol–water partition coefficient (Wildman–Crippen LogP) is 2.79. The molecule has 0 aliphatic carbocycles. The molecule has 7 heteroatoms. The van der Waals surface area contributed by atoms with E-state index in [0.29, 0.717) is 25.9 Å². The van der Waals surface area contributed by atoms with Crippen molar-refractivity contribution in [2.24, 2.45) is 7.05 Å². The van der Waals surface area contributed by atoms with Gasteiger partial charge in [-0.2, -0.15) is 18.3 Å². The van der Waals surface area contributed by atoms with Gasteiger partial charge in [0, 0.05) is 44.5 Å². The fourth-order valence-electron chi connectivity index (χ4n) is 3.40. The van der Waals surface area contributed by atoms with Crippen LogP contribution in [0.3, 0.4) is 0 Å². The van der Waals surface area contributed by atoms with E-state index in [4.69, 9.17) is 0 Å². The number of hydrogen-bond donors (Lipinski definition) is 1. The first kappa shape index (κ1) is 17.0. The monoisotopic (exact) mass is 339 g/mol. The van der Waals surface area contributed by atoms with Crippen molar-refractivity contribution in [1.29, 1.82) is 0 Å². The molecule has 1 aliphatic rings. The molecule has 1 aliphatic heterocycles. The molecule has 0 unspecified atom stereocenters. The Morgan fingerprint density at radius 2 is 2.00 bits per heavy atom. The maximum Gasteiger partial charge on any atom is 0.416 e. The van der Waals surface area contributed by atoms with E-state index < -0.39 is 23.9 Å². The lowest BCUT2D eigenvalue weighted by Crippen LogP contribution is -2.28. The first-order chi connectivity index (χ1) is 11.4. The summed E-state index contributed by atoms with van der Waals surface area (Å²) in [4.78, 5) is 1.93. The molecule has 0 spiro atoms. The van der Waals surface area contributed by atoms with E-state index in [1.165, 1.54) is 12.1 Å². The lowest BCUT2D eigenvalue weighted by atomic mass is 9.97. The number of likely N-dealkylation sites (tertiary alicyclic amines) is 1. The highest BCUT2D eigenvalue weighted by Crippen LogP contribution is 2.40. The Hall–Kier alpha value is -1.86. The summed E-state index contributed by atoms with van der Waals surface area (Å²) in [6.45, 7) is 0.960. The smallest absolute Gasteiger partial charge is 0.392 e. The Morgan fingerprint density at radius 1 is 1.25 bits per heavy atom. The molecule has 1 fully saturated rings. The van der Waals surface area contributed by atoms with Gasteiger partial charge in [0.15, 0.2) is 0 Å². The van der Waals surface area contributed by atoms with Crippen LogP contribution < -0.4 is 0 Å². The topological polar surface area (TPSA) is 41.3 Å². The van der Waals surface area contributed by atoms with Crippen LogP contribution in [0.5, 0.6) is 0 Å². The largest absolute Gasteiger partial charge is 0.416 e. The van der Waals surface area contributed by atoms with Crippen molar-refractivity contribution in [3.05, 3.63) is 53.3 Å². The van der Waals surface area contributed by atoms with Crippen molar-refractivity contribution in [1.82, 2.24) is 14.7 Å². The van der Waals surface area contributed by atoms with Gasteiger partial charge in [0.25, 0.3) is 0 Å². The van der Waals surface area contributed by atoms with Crippen LogP contribution in [0.25, 0.3) is 0 Å². The zero-order valence-corrected chi connectivity index (χ0v) is 13.4. The number of rotatable bonds is 4. The van der Waals surface area contributed by atoms with Gasteiger partial charge in [0.1, 0.15) is 0 Å². The number of aliphatic hydroxyl groups is 1. The summed E-state index contributed by atoms with van der Waals surface area (Å²) in [6, 6.07) is 7.12. The third kappa shape index (κ3) is 3.47. The van der Waals surface area contributed by atoms with Crippen LogP contribution in [0.2, 0.25) is 0 Å². The molecular weight excluding hydrogens is 319 g/mol. The zero-order valence-electron chi connectivity index (χ0n) is 13.4. The standard InChI is InChI=1S/C17H20F3N3O/c1-22-12(6-8-21-22)7-9-23-11-13(24)10-16(23)14-4-2-3-5-15(14)17(18,19)20/h2-6,8,13,16,24H,7,9-11H2,1H3/t13-,16-/m1/s1. The van der Waals surface area contributed by atoms with Crippen LogP contribution in [0, 0.1) is 0 Å². The molecule has 1 N–H and O–H groups in total. The van der Waals surface area contributed by atoms with Gasteiger partial charge in [-0.1, -0.05) is 18.2 Å². The molecule has 2 atom stereocenters. The van der Waals surface area contributed by atoms with E-state index in [1.54, 1.807) is 16.9 Å². The minimum absolute atomic E-state index is 0.242. The maximum atomic E-state index is 13.3. The van der Waals surface area contributed by atoms with E-state index in [2.05, 4.69) is 5.10 Å². The second kappa shape index (κ2) is 6.57. The highest BCUT2D eigenvalue weighted by atomic mass is 19.4. The van der Waals surface area contributed by atoms with Gasteiger partial charge in [-0.3, -0.25) is 9.58 Å². The second-order valence-corrected chi connectivity index (χ2v) is 6.18. The Bertz CT molecular complexity index is 698. The summed E-state index contributed by atoms with van der Waals surface area (Å²) in [5, 5.41) is 14.1. The molecule has 2 heterocycles. The number of hydrogen-bond acceptors (Lipinski definition) is 3. The molecule has 1 saturated heterocycles. The minimum Gasteiger partial charge on any atom is -0.392 e. The molecule has 130 valence electrons. The molecule has 24 heavy (non-hydrogen) atoms. The van der Waals surface area contributed by atoms with Crippen LogP contribution in [0.4, 0.5) is 13.2 Å². The van der Waals surface area contributed by atoms with E-state index in [9.17, 15) is 18.3 Å². The predicted molar refractivity (Wildman–Crippen MR) is 83.3 cm³/mol. The molecule has 0 radical (unpaired) electrons. The van der Waals surface area contributed by atoms with Gasteiger partial charge in [-0.25, -0.2) is 0 Å². The van der Waals surface area contributed by atoms with Crippen molar-refractivity contribution < 1.29 is 18.3 Å². The lowest BCUT2D eigenvalue weighted by molar-refractivity contribution is -0.138. The molecule has 4 nitrogen and oxygen atoms in total. The number of aryl methyl sites for hydroxylation is 1. The Balaban J connectivity index is 1.82. The maximum absolute atomic E-state index is 13.3. The van der Waals surface area contributed by atoms with Gasteiger partial charge in [-0.05, 0) is 24.1 Å². The van der Waals surface area contributed by atoms with Crippen molar-refractivity contribution in [3.8, 4) is 0 Å². The number of benzene rings is 1. The summed E-state index contributed by atoms with van der Waals surface area (Å²) in [5.41, 5.74) is 0.639. The van der Waals surface area contributed by atoms with E-state index in [-0.39, 0.29) is 5.56 Å². The molecule has 1 aromatic carbocycles. The molecule has 0 saturated carbocycles. The summed E-state index contributed by atoms with van der Waals surface area (Å²) in [7, 11) is 1.84. The number of nitrogens with zero attached hydrogens (tertiary/aromatic N) is 3. The minimum atomic E-state index is -4.39. The quantitative estimate of drug-likeness (QED) is 0.931. The summed E-state index contributed by atoms with van der Waals surface area (Å²) in [6.07, 6.45) is -2.31. The fraction of sp³-hybridized carbons (Fsp3) is 0.471. The van der Waals surface area contributed by atoms with Gasteiger partial charge >= 0.3 is 6.18 Å². The lowest BCUT2D eigenvalue weighted by Gasteiger charge is -2.26. The first-order valence-electron chi connectivity index (χ1n) is 7.91. The van der Waals surface area contributed by atoms with Crippen LogP contribution in [-0.4, -0.2) is 39.0 Å². The van der Waals surface area contributed by atoms with E-state index >= 15 is 0 Å². The van der Waals surface area contributed by atoms with Crippen LogP contribution >= 0.6 is 0 Å². The molecule has 3 rings (SSSR count). The second-order valence-electron chi connectivity index (χ2n) is 6.18. The number of aromatic nitrogens is 2. The van der Waals surface area contributed by atoms with Crippen molar-refractivity contribution in [2.75, 3.05) is 13.1 Å². The normalized spacial score (nSPS) is 22.2. The summed E-state index contributed by atoms with van der Waals surface area (Å²) >= 11 is 0. The van der Waals surface area contributed by atoms with Crippen molar-refractivity contribution in [3.63, 3.8) is 0 Å². The van der Waals surface area contributed by atoms with Gasteiger partial charge < -0.3 is 5.11 Å². The van der Waals surface area contributed by atoms with Gasteiger partial charge in [0.2, 0.25) is 0 Å². The zero-order chi connectivity index (χ0) is 17.3. The third-order valence-electron chi connectivity index (χ3n) is 4.58. The van der Waals surface area contributed by atoms with Crippen LogP contribution in [0.15, 0.2) is 36.5 Å². The Labute approximate surface area is 138 Å². The van der Waals surface area contributed by atoms with Gasteiger partial charge in [-0.15, -0.1) is 0 Å². The van der Waals surface area contributed by atoms with E-state index in [1.807, 2.05) is 18.0 Å². The number of β-amino-alcohol motifs (C(OH)–C–C–N with tert-alkyl or cyclic N) is 1. The number of halogens is 3. The van der Waals surface area contributed by atoms with Crippen molar-refractivity contribution in [2.45, 2.75) is 31.2 Å². The molecule has 0 bridgehead atoms. The van der Waals surface area contributed by atoms with Crippen LogP contribution in [-0.2, 0) is 19.6 Å². The Kier molecular flexibility index (Phi) is 4.64. The molecule has 1 aromatic heterocycles. The average molecular weight is 339 g/mol. The number of alkyl halides is 3. The Morgan fingerprint density at radius 3 is 2.67 bits per heavy atom. The van der Waals surface area contributed by atoms with Gasteiger partial charge in [0.05, 0.1) is 11.7 Å². The highest BCUT2D eigenvalue weighted by Gasteiger charge is 2.39. The summed E-state index contributed by atoms with van der Waals surface area (Å²) in [5.74, 6) is 0. The van der Waals surface area contributed by atoms with E-state index in [0.717, 1.165) is 11.8 Å². The fourth-order valence-corrected chi connectivity index (χ4v) is 3.40. The number of aliphatic hydroxyl groups excluding tert-OH is 1. The SMILES string of the molecule is Cn1nccc1CCN1C[C@H](O)C[C@@H]1c1ccccc1C(F)(F)F. The average Bonchev–Trinajstić information content (AvgIpc) is 3.10. The van der Waals surface area contributed by atoms with Crippen LogP contribution in [0.1, 0.15) is 29.3 Å². The highest BCUT2D eigenvalue weighted by molar-refractivity contribution is 5.33. The van der Waals surface area contributed by atoms with Crippen molar-refractivity contribution >= 4 is 0 Å².